The Balaban J connectivity index is 1.66. The summed E-state index contributed by atoms with van der Waals surface area (Å²) in [7, 11) is 0. The van der Waals surface area contributed by atoms with Crippen molar-refractivity contribution in [1.29, 1.82) is 0 Å². The summed E-state index contributed by atoms with van der Waals surface area (Å²) in [5.41, 5.74) is 1.33. The lowest BCUT2D eigenvalue weighted by atomic mass is 10.0. The van der Waals surface area contributed by atoms with Crippen LogP contribution in [0, 0.1) is 0 Å². The van der Waals surface area contributed by atoms with Gasteiger partial charge in [0.2, 0.25) is 5.95 Å². The molecule has 0 saturated heterocycles. The van der Waals surface area contributed by atoms with Crippen LogP contribution in [0.3, 0.4) is 0 Å². The lowest BCUT2D eigenvalue weighted by Crippen LogP contribution is -2.23. The van der Waals surface area contributed by atoms with Crippen molar-refractivity contribution in [3.8, 4) is 22.6 Å². The Hall–Kier alpha value is -4.61. The number of nitrogens with zero attached hydrogens (tertiary/aromatic N) is 4. The van der Waals surface area contributed by atoms with Crippen molar-refractivity contribution in [3.63, 3.8) is 0 Å². The van der Waals surface area contributed by atoms with E-state index in [9.17, 15) is 26.7 Å². The maximum atomic E-state index is 13.8. The first kappa shape index (κ1) is 25.1. The van der Waals surface area contributed by atoms with Gasteiger partial charge in [-0.3, -0.25) is 14.3 Å². The number of fused-ring (bicyclic) bond motifs is 2. The van der Waals surface area contributed by atoms with Gasteiger partial charge in [-0.25, -0.2) is 18.7 Å². The summed E-state index contributed by atoms with van der Waals surface area (Å²) in [4.78, 5) is 26.3. The number of aromatic nitrogens is 4. The van der Waals surface area contributed by atoms with E-state index in [2.05, 4.69) is 20.3 Å². The second-order valence-electron chi connectivity index (χ2n) is 8.25. The van der Waals surface area contributed by atoms with Crippen LogP contribution >= 0.6 is 0 Å². The fourth-order valence-corrected chi connectivity index (χ4v) is 3.91. The zero-order chi connectivity index (χ0) is 26.9. The third-order valence-corrected chi connectivity index (χ3v) is 5.59. The normalized spacial score (nSPS) is 11.8. The first-order valence-electron chi connectivity index (χ1n) is 11.3. The van der Waals surface area contributed by atoms with E-state index in [1.165, 1.54) is 41.2 Å². The molecule has 0 aliphatic rings. The molecular weight excluding hydrogens is 509 g/mol. The highest BCUT2D eigenvalue weighted by molar-refractivity contribution is 5.93. The van der Waals surface area contributed by atoms with Crippen molar-refractivity contribution in [2.75, 3.05) is 18.5 Å². The number of halogens is 5. The number of rotatable bonds is 7. The molecule has 0 spiro atoms. The van der Waals surface area contributed by atoms with Gasteiger partial charge in [0.25, 0.3) is 12.0 Å². The molecule has 3 aromatic heterocycles. The topological polar surface area (TPSA) is 81.9 Å². The fourth-order valence-electron chi connectivity index (χ4n) is 3.91. The van der Waals surface area contributed by atoms with E-state index in [-0.39, 0.29) is 22.8 Å². The number of ether oxygens (including phenoxy) is 1. The highest BCUT2D eigenvalue weighted by Crippen LogP contribution is 2.28. The summed E-state index contributed by atoms with van der Waals surface area (Å²) in [6.07, 6.45) is -2.67. The van der Waals surface area contributed by atoms with Crippen LogP contribution in [-0.2, 0) is 0 Å². The van der Waals surface area contributed by atoms with E-state index in [0.29, 0.717) is 16.6 Å². The summed E-state index contributed by atoms with van der Waals surface area (Å²) in [6, 6.07) is 14.7. The number of benzene rings is 2. The van der Waals surface area contributed by atoms with Gasteiger partial charge in [-0.2, -0.15) is 13.2 Å². The Morgan fingerprint density at radius 2 is 1.79 bits per heavy atom. The Morgan fingerprint density at radius 3 is 2.53 bits per heavy atom. The first-order valence-corrected chi connectivity index (χ1v) is 11.3. The van der Waals surface area contributed by atoms with E-state index < -0.39 is 31.3 Å². The van der Waals surface area contributed by atoms with Crippen LogP contribution in [0.4, 0.5) is 27.9 Å². The van der Waals surface area contributed by atoms with Crippen molar-refractivity contribution in [1.82, 2.24) is 19.5 Å². The highest BCUT2D eigenvalue weighted by atomic mass is 19.4. The molecule has 2 aromatic carbocycles. The predicted octanol–water partition coefficient (Wildman–Crippen LogP) is 5.61. The summed E-state index contributed by atoms with van der Waals surface area (Å²) in [5.74, 6) is -0.138. The molecule has 12 heteroatoms. The summed E-state index contributed by atoms with van der Waals surface area (Å²) < 4.78 is 69.6. The van der Waals surface area contributed by atoms with Gasteiger partial charge in [-0.15, -0.1) is 0 Å². The van der Waals surface area contributed by atoms with Gasteiger partial charge in [0, 0.05) is 35.1 Å². The second-order valence-corrected chi connectivity index (χ2v) is 8.25. The average Bonchev–Trinajstić information content (AvgIpc) is 2.90. The van der Waals surface area contributed by atoms with Gasteiger partial charge >= 0.3 is 6.18 Å². The monoisotopic (exact) mass is 527 g/mol. The highest BCUT2D eigenvalue weighted by Gasteiger charge is 2.27. The van der Waals surface area contributed by atoms with Crippen molar-refractivity contribution in [3.05, 3.63) is 83.5 Å². The summed E-state index contributed by atoms with van der Waals surface area (Å²) in [5, 5.41) is 3.31. The van der Waals surface area contributed by atoms with Crippen LogP contribution in [0.15, 0.2) is 78.0 Å². The Kier molecular flexibility index (Phi) is 6.62. The first-order chi connectivity index (χ1) is 18.2. The number of hydrogen-bond acceptors (Lipinski definition) is 6. The maximum Gasteiger partial charge on any atom is 0.405 e. The minimum absolute atomic E-state index is 0.0895. The van der Waals surface area contributed by atoms with Crippen LogP contribution in [-0.4, -0.2) is 45.3 Å². The van der Waals surface area contributed by atoms with Crippen LogP contribution in [0.25, 0.3) is 38.6 Å². The number of nitrogens with one attached hydrogen (secondary N) is 1. The van der Waals surface area contributed by atoms with Gasteiger partial charge in [0.05, 0.1) is 16.6 Å². The van der Waals surface area contributed by atoms with Crippen molar-refractivity contribution >= 4 is 27.8 Å². The summed E-state index contributed by atoms with van der Waals surface area (Å²) in [6.45, 7) is -2.15. The number of anilines is 1. The average molecular weight is 527 g/mol. The Morgan fingerprint density at radius 1 is 1.00 bits per heavy atom. The molecule has 0 saturated carbocycles. The second kappa shape index (κ2) is 10.0. The minimum atomic E-state index is -4.50. The molecule has 5 aromatic rings. The van der Waals surface area contributed by atoms with E-state index in [0.717, 1.165) is 10.9 Å². The summed E-state index contributed by atoms with van der Waals surface area (Å²) >= 11 is 0. The van der Waals surface area contributed by atoms with Crippen molar-refractivity contribution in [2.24, 2.45) is 0 Å². The standard InChI is InChI=1S/C26H18F5N5O2/c27-21(28)13-38-19-6-3-15(4-7-19)22-23-17(11-33-25(35-23)34-14-26(29,30)31)12-36(24(22)37)18-5-8-20-16(10-18)2-1-9-32-20/h1-12,21H,13-14H2,(H,34,35). The Bertz CT molecular complexity index is 1670. The third kappa shape index (κ3) is 5.38. The molecule has 3 heterocycles. The van der Waals surface area contributed by atoms with Crippen LogP contribution < -0.4 is 15.6 Å². The lowest BCUT2D eigenvalue weighted by molar-refractivity contribution is -0.115. The smallest absolute Gasteiger partial charge is 0.405 e. The van der Waals surface area contributed by atoms with E-state index in [4.69, 9.17) is 4.74 Å². The largest absolute Gasteiger partial charge is 0.488 e. The molecule has 0 unspecified atom stereocenters. The van der Waals surface area contributed by atoms with Crippen LogP contribution in [0.1, 0.15) is 0 Å². The van der Waals surface area contributed by atoms with Gasteiger partial charge < -0.3 is 10.1 Å². The fraction of sp³-hybridized carbons (Fsp3) is 0.154. The van der Waals surface area contributed by atoms with Crippen LogP contribution in [0.2, 0.25) is 0 Å². The Labute approximate surface area is 211 Å². The zero-order valence-electron chi connectivity index (χ0n) is 19.4. The maximum absolute atomic E-state index is 13.8. The number of alkyl halides is 5. The van der Waals surface area contributed by atoms with Crippen molar-refractivity contribution in [2.45, 2.75) is 12.6 Å². The molecule has 38 heavy (non-hydrogen) atoms. The molecule has 0 radical (unpaired) electrons. The van der Waals surface area contributed by atoms with E-state index in [1.54, 1.807) is 30.5 Å². The lowest BCUT2D eigenvalue weighted by Gasteiger charge is -2.14. The van der Waals surface area contributed by atoms with Gasteiger partial charge in [0.15, 0.2) is 0 Å². The number of pyridine rings is 2. The number of hydrogen-bond donors (Lipinski definition) is 1. The molecule has 1 N–H and O–H groups in total. The predicted molar refractivity (Wildman–Crippen MR) is 132 cm³/mol. The molecule has 194 valence electrons. The molecule has 0 aliphatic heterocycles. The quantitative estimate of drug-likeness (QED) is 0.277. The van der Waals surface area contributed by atoms with Gasteiger partial charge in [-0.1, -0.05) is 18.2 Å². The molecule has 0 aliphatic carbocycles. The minimum Gasteiger partial charge on any atom is -0.488 e. The molecule has 0 atom stereocenters. The molecule has 0 amide bonds. The van der Waals surface area contributed by atoms with Crippen LogP contribution in [0.5, 0.6) is 5.75 Å². The SMILES string of the molecule is O=c1c(-c2ccc(OCC(F)F)cc2)c2nc(NCC(F)(F)F)ncc2cn1-c1ccc2ncccc2c1. The molecule has 0 bridgehead atoms. The van der Waals surface area contributed by atoms with Gasteiger partial charge in [0.1, 0.15) is 18.9 Å². The van der Waals surface area contributed by atoms with E-state index >= 15 is 0 Å². The molecule has 7 nitrogen and oxygen atoms in total. The third-order valence-electron chi connectivity index (χ3n) is 5.59. The van der Waals surface area contributed by atoms with Crippen molar-refractivity contribution < 1.29 is 26.7 Å². The molecular formula is C26H18F5N5O2. The zero-order valence-corrected chi connectivity index (χ0v) is 19.4. The molecule has 0 fully saturated rings. The van der Waals surface area contributed by atoms with Gasteiger partial charge in [-0.05, 0) is 42.0 Å². The molecule has 5 rings (SSSR count). The van der Waals surface area contributed by atoms with E-state index in [1.807, 2.05) is 6.07 Å².